The molecule has 0 bridgehead atoms. The lowest BCUT2D eigenvalue weighted by molar-refractivity contribution is -0.137. The first-order chi connectivity index (χ1) is 16.3. The molecule has 0 amide bonds. The molecule has 0 spiro atoms. The van der Waals surface area contributed by atoms with Crippen molar-refractivity contribution < 1.29 is 30.7 Å². The monoisotopic (exact) mass is 526 g/mol. The van der Waals surface area contributed by atoms with Gasteiger partial charge in [0.05, 0.1) is 34.0 Å². The van der Waals surface area contributed by atoms with Gasteiger partial charge in [0.2, 0.25) is 5.89 Å². The number of hydrogen-bond acceptors (Lipinski definition) is 8. The molecule has 1 heterocycles. The predicted molar refractivity (Wildman–Crippen MR) is 124 cm³/mol. The van der Waals surface area contributed by atoms with Crippen LogP contribution in [0.5, 0.6) is 0 Å². The Hall–Kier alpha value is -3.64. The molecular weight excluding hydrogens is 509 g/mol. The minimum atomic E-state index is -4.71. The number of sulfone groups is 1. The summed E-state index contributed by atoms with van der Waals surface area (Å²) >= 11 is 6.36. The van der Waals surface area contributed by atoms with Crippen molar-refractivity contribution in [1.82, 2.24) is 10.2 Å². The Morgan fingerprint density at radius 2 is 1.86 bits per heavy atom. The molecule has 0 aliphatic carbocycles. The number of ether oxygens (including phenoxy) is 1. The number of aromatic nitrogens is 2. The molecule has 0 fully saturated rings. The zero-order valence-electron chi connectivity index (χ0n) is 18.3. The first-order valence-electron chi connectivity index (χ1n) is 9.61. The summed E-state index contributed by atoms with van der Waals surface area (Å²) in [7, 11) is -2.26. The number of nitrogens with two attached hydrogens (primary N) is 1. The van der Waals surface area contributed by atoms with E-state index in [-0.39, 0.29) is 44.4 Å². The molecule has 2 aromatic carbocycles. The average Bonchev–Trinajstić information content (AvgIpc) is 3.30. The zero-order valence-corrected chi connectivity index (χ0v) is 19.9. The fourth-order valence-electron chi connectivity index (χ4n) is 2.78. The second-order valence-corrected chi connectivity index (χ2v) is 9.44. The highest BCUT2D eigenvalue weighted by molar-refractivity contribution is 7.90. The van der Waals surface area contributed by atoms with Crippen LogP contribution < -0.4 is 5.73 Å². The van der Waals surface area contributed by atoms with Crippen LogP contribution in [0.4, 0.5) is 18.9 Å². The van der Waals surface area contributed by atoms with Crippen LogP contribution in [-0.2, 0) is 20.8 Å². The van der Waals surface area contributed by atoms with E-state index in [1.54, 1.807) is 0 Å². The SMILES string of the molecule is C=C(OC)C(N)=C(Cl)C(=Nc1ccccc1C(F)(F)F)c1nnc(-c2cccc(S(C)(=O)=O)c2)o1. The number of rotatable bonds is 7. The standard InChI is InChI=1S/C22H18ClF3N4O4S/c1-12(33-2)18(27)17(23)19(28-16-10-5-4-9-15(16)22(24,25)26)21-30-29-20(34-21)13-7-6-8-14(11-13)35(3,31)32/h4-11H,1,27H2,2-3H3. The van der Waals surface area contributed by atoms with E-state index in [4.69, 9.17) is 26.5 Å². The molecule has 2 N–H and O–H groups in total. The van der Waals surface area contributed by atoms with Crippen LogP contribution >= 0.6 is 11.6 Å². The van der Waals surface area contributed by atoms with Crippen LogP contribution in [0.3, 0.4) is 0 Å². The minimum absolute atomic E-state index is 0.00121. The molecule has 1 aromatic heterocycles. The normalized spacial score (nSPS) is 13.4. The lowest BCUT2D eigenvalue weighted by Crippen LogP contribution is -2.12. The number of alkyl halides is 3. The number of methoxy groups -OCH3 is 1. The highest BCUT2D eigenvalue weighted by Crippen LogP contribution is 2.37. The maximum atomic E-state index is 13.5. The van der Waals surface area contributed by atoms with Gasteiger partial charge < -0.3 is 14.9 Å². The summed E-state index contributed by atoms with van der Waals surface area (Å²) in [5, 5.41) is 7.35. The molecule has 0 aliphatic rings. The molecule has 0 radical (unpaired) electrons. The molecule has 0 unspecified atom stereocenters. The Balaban J connectivity index is 2.21. The first kappa shape index (κ1) is 26.0. The molecular formula is C22H18ClF3N4O4S. The van der Waals surface area contributed by atoms with Crippen LogP contribution in [0.25, 0.3) is 11.5 Å². The summed E-state index contributed by atoms with van der Waals surface area (Å²) in [5.41, 5.74) is 4.06. The van der Waals surface area contributed by atoms with Crippen molar-refractivity contribution in [3.05, 3.63) is 83.1 Å². The van der Waals surface area contributed by atoms with Gasteiger partial charge in [0.25, 0.3) is 5.89 Å². The average molecular weight is 527 g/mol. The summed E-state index contributed by atoms with van der Waals surface area (Å²) in [6, 6.07) is 10.2. The van der Waals surface area contributed by atoms with Crippen molar-refractivity contribution in [1.29, 1.82) is 0 Å². The predicted octanol–water partition coefficient (Wildman–Crippen LogP) is 4.85. The van der Waals surface area contributed by atoms with Gasteiger partial charge >= 0.3 is 6.18 Å². The van der Waals surface area contributed by atoms with E-state index in [0.717, 1.165) is 18.4 Å². The maximum absolute atomic E-state index is 13.5. The number of nitrogens with zero attached hydrogens (tertiary/aromatic N) is 3. The molecule has 0 atom stereocenters. The summed E-state index contributed by atoms with van der Waals surface area (Å²) in [4.78, 5) is 4.04. The molecule has 35 heavy (non-hydrogen) atoms. The molecule has 0 saturated carbocycles. The van der Waals surface area contributed by atoms with Crippen molar-refractivity contribution in [2.24, 2.45) is 10.7 Å². The van der Waals surface area contributed by atoms with Crippen LogP contribution in [0.2, 0.25) is 0 Å². The highest BCUT2D eigenvalue weighted by Gasteiger charge is 2.34. The van der Waals surface area contributed by atoms with E-state index in [1.807, 2.05) is 0 Å². The molecule has 3 aromatic rings. The van der Waals surface area contributed by atoms with Gasteiger partial charge in [-0.05, 0) is 30.3 Å². The quantitative estimate of drug-likeness (QED) is 0.265. The largest absolute Gasteiger partial charge is 0.495 e. The van der Waals surface area contributed by atoms with Crippen LogP contribution in [0.1, 0.15) is 11.5 Å². The fraction of sp³-hybridized carbons (Fsp3) is 0.136. The van der Waals surface area contributed by atoms with Crippen molar-refractivity contribution in [2.45, 2.75) is 11.1 Å². The van der Waals surface area contributed by atoms with Crippen LogP contribution in [0, 0.1) is 0 Å². The number of halogens is 4. The van der Waals surface area contributed by atoms with Gasteiger partial charge in [-0.1, -0.05) is 36.4 Å². The highest BCUT2D eigenvalue weighted by atomic mass is 35.5. The van der Waals surface area contributed by atoms with Crippen LogP contribution in [0.15, 0.2) is 85.9 Å². The Bertz CT molecular complexity index is 1450. The lowest BCUT2D eigenvalue weighted by atomic mass is 10.1. The maximum Gasteiger partial charge on any atom is 0.418 e. The second-order valence-electron chi connectivity index (χ2n) is 7.04. The Morgan fingerprint density at radius 1 is 1.17 bits per heavy atom. The molecule has 184 valence electrons. The summed E-state index contributed by atoms with van der Waals surface area (Å²) in [6.07, 6.45) is -3.68. The van der Waals surface area contributed by atoms with E-state index in [9.17, 15) is 21.6 Å². The number of allylic oxidation sites excluding steroid dienone is 1. The van der Waals surface area contributed by atoms with Crippen molar-refractivity contribution in [3.63, 3.8) is 0 Å². The minimum Gasteiger partial charge on any atom is -0.495 e. The Kier molecular flexibility index (Phi) is 7.36. The molecule has 13 heteroatoms. The van der Waals surface area contributed by atoms with Crippen molar-refractivity contribution >= 4 is 32.8 Å². The second kappa shape index (κ2) is 9.92. The van der Waals surface area contributed by atoms with E-state index in [2.05, 4.69) is 21.8 Å². The van der Waals surface area contributed by atoms with Crippen LogP contribution in [-0.4, -0.2) is 37.7 Å². The van der Waals surface area contributed by atoms with Gasteiger partial charge in [0.15, 0.2) is 9.84 Å². The van der Waals surface area contributed by atoms with E-state index in [1.165, 1.54) is 43.5 Å². The smallest absolute Gasteiger partial charge is 0.418 e. The number of benzene rings is 2. The van der Waals surface area contributed by atoms with E-state index in [0.29, 0.717) is 0 Å². The molecule has 0 saturated heterocycles. The Labute approximate surface area is 203 Å². The topological polar surface area (TPSA) is 121 Å². The van der Waals surface area contributed by atoms with Crippen molar-refractivity contribution in [3.8, 4) is 11.5 Å². The molecule has 0 aliphatic heterocycles. The third kappa shape index (κ3) is 5.89. The third-order valence-electron chi connectivity index (χ3n) is 4.57. The first-order valence-corrected chi connectivity index (χ1v) is 11.9. The van der Waals surface area contributed by atoms with Gasteiger partial charge in [-0.15, -0.1) is 10.2 Å². The zero-order chi connectivity index (χ0) is 26.0. The van der Waals surface area contributed by atoms with Gasteiger partial charge in [-0.3, -0.25) is 0 Å². The van der Waals surface area contributed by atoms with Gasteiger partial charge in [-0.2, -0.15) is 13.2 Å². The molecule has 3 rings (SSSR count). The van der Waals surface area contributed by atoms with Gasteiger partial charge in [0.1, 0.15) is 11.5 Å². The third-order valence-corrected chi connectivity index (χ3v) is 6.06. The number of hydrogen-bond donors (Lipinski definition) is 1. The lowest BCUT2D eigenvalue weighted by Gasteiger charge is -2.12. The fourth-order valence-corrected chi connectivity index (χ4v) is 3.67. The van der Waals surface area contributed by atoms with Gasteiger partial charge in [-0.25, -0.2) is 13.4 Å². The molecule has 8 nitrogen and oxygen atoms in total. The summed E-state index contributed by atoms with van der Waals surface area (Å²) in [6.45, 7) is 3.57. The number of para-hydroxylation sites is 1. The van der Waals surface area contributed by atoms with E-state index < -0.39 is 27.3 Å². The van der Waals surface area contributed by atoms with E-state index >= 15 is 0 Å². The number of aliphatic imine (C=N–C) groups is 1. The summed E-state index contributed by atoms with van der Waals surface area (Å²) < 4.78 is 74.9. The Morgan fingerprint density at radius 3 is 2.49 bits per heavy atom. The van der Waals surface area contributed by atoms with Gasteiger partial charge in [0, 0.05) is 11.8 Å². The summed E-state index contributed by atoms with van der Waals surface area (Å²) in [5.74, 6) is -0.582. The van der Waals surface area contributed by atoms with Crippen molar-refractivity contribution in [2.75, 3.05) is 13.4 Å².